The van der Waals surface area contributed by atoms with Crippen LogP contribution in [0.1, 0.15) is 51.9 Å². The van der Waals surface area contributed by atoms with Crippen LogP contribution >= 0.6 is 0 Å². The molecule has 3 aromatic rings. The number of anilines is 1. The quantitative estimate of drug-likeness (QED) is 0.321. The molecule has 2 atom stereocenters. The number of benzene rings is 2. The van der Waals surface area contributed by atoms with Crippen LogP contribution in [0.4, 0.5) is 36.6 Å². The molecule has 15 heteroatoms. The minimum Gasteiger partial charge on any atom is -0.497 e. The molecular formula is C30H27F7N4O4. The zero-order chi connectivity index (χ0) is 32.5. The highest BCUT2D eigenvalue weighted by atomic mass is 19.4. The molecule has 45 heavy (non-hydrogen) atoms. The summed E-state index contributed by atoms with van der Waals surface area (Å²) >= 11 is 0. The summed E-state index contributed by atoms with van der Waals surface area (Å²) < 4.78 is 108. The van der Waals surface area contributed by atoms with E-state index in [1.807, 2.05) is 0 Å². The van der Waals surface area contributed by atoms with Crippen LogP contribution in [0.2, 0.25) is 0 Å². The molecule has 5 rings (SSSR count). The first kappa shape index (κ1) is 32.0. The molecule has 2 amide bonds. The van der Waals surface area contributed by atoms with Crippen LogP contribution in [0.3, 0.4) is 0 Å². The molecule has 2 aliphatic rings. The number of amides is 2. The van der Waals surface area contributed by atoms with E-state index >= 15 is 8.78 Å². The lowest BCUT2D eigenvalue weighted by molar-refractivity contribution is -0.137. The van der Waals surface area contributed by atoms with E-state index in [1.165, 1.54) is 13.2 Å². The molecule has 0 aliphatic carbocycles. The SMILES string of the molecule is COc1cc(F)c([C@@H]2CN(c3nc(C4CCNCC4)ccc3C(F)(F)F)C(=O)[C@H]2NC(=O)c2ccc(OC(F)F)cc2)c(F)c1. The fraction of sp³-hybridized carbons (Fsp3) is 0.367. The summed E-state index contributed by atoms with van der Waals surface area (Å²) in [6.07, 6.45) is -3.75. The first-order valence-corrected chi connectivity index (χ1v) is 13.9. The first-order chi connectivity index (χ1) is 21.4. The highest BCUT2D eigenvalue weighted by Gasteiger charge is 2.48. The lowest BCUT2D eigenvalue weighted by Crippen LogP contribution is -2.44. The molecule has 1 aromatic heterocycles. The molecule has 0 radical (unpaired) electrons. The van der Waals surface area contributed by atoms with Crippen LogP contribution < -0.4 is 25.0 Å². The Morgan fingerprint density at radius 3 is 2.24 bits per heavy atom. The van der Waals surface area contributed by atoms with E-state index in [4.69, 9.17) is 4.74 Å². The number of carbonyl (C=O) groups is 2. The van der Waals surface area contributed by atoms with Crippen molar-refractivity contribution in [3.8, 4) is 11.5 Å². The Kier molecular flexibility index (Phi) is 9.18. The number of nitrogens with one attached hydrogen (secondary N) is 2. The van der Waals surface area contributed by atoms with E-state index in [-0.39, 0.29) is 23.0 Å². The Bertz CT molecular complexity index is 1540. The predicted molar refractivity (Wildman–Crippen MR) is 146 cm³/mol. The van der Waals surface area contributed by atoms with Gasteiger partial charge in [0.05, 0.1) is 12.7 Å². The van der Waals surface area contributed by atoms with Gasteiger partial charge in [-0.1, -0.05) is 0 Å². The average Bonchev–Trinajstić information content (AvgIpc) is 3.31. The average molecular weight is 641 g/mol. The first-order valence-electron chi connectivity index (χ1n) is 13.9. The molecule has 0 saturated carbocycles. The number of rotatable bonds is 8. The number of hydrogen-bond donors (Lipinski definition) is 2. The van der Waals surface area contributed by atoms with Crippen LogP contribution in [0.15, 0.2) is 48.5 Å². The van der Waals surface area contributed by atoms with Crippen molar-refractivity contribution < 1.29 is 49.8 Å². The van der Waals surface area contributed by atoms with Crippen molar-refractivity contribution in [1.29, 1.82) is 0 Å². The van der Waals surface area contributed by atoms with Gasteiger partial charge in [0.2, 0.25) is 0 Å². The third-order valence-corrected chi connectivity index (χ3v) is 7.82. The molecule has 3 heterocycles. The van der Waals surface area contributed by atoms with Crippen molar-refractivity contribution >= 4 is 17.6 Å². The van der Waals surface area contributed by atoms with Gasteiger partial charge in [-0.3, -0.25) is 14.5 Å². The number of ether oxygens (including phenoxy) is 2. The van der Waals surface area contributed by atoms with Crippen molar-refractivity contribution in [2.75, 3.05) is 31.6 Å². The number of piperidine rings is 1. The number of alkyl halides is 5. The van der Waals surface area contributed by atoms with Crippen LogP contribution in [0.25, 0.3) is 0 Å². The summed E-state index contributed by atoms with van der Waals surface area (Å²) in [5, 5.41) is 5.53. The minimum absolute atomic E-state index is 0.140. The van der Waals surface area contributed by atoms with Gasteiger partial charge in [-0.2, -0.15) is 22.0 Å². The van der Waals surface area contributed by atoms with Crippen LogP contribution in [0, 0.1) is 11.6 Å². The Balaban J connectivity index is 1.56. The van der Waals surface area contributed by atoms with Crippen LogP contribution in [0.5, 0.6) is 11.5 Å². The summed E-state index contributed by atoms with van der Waals surface area (Å²) in [5.41, 5.74) is -1.70. The van der Waals surface area contributed by atoms with Crippen molar-refractivity contribution in [2.24, 2.45) is 0 Å². The zero-order valence-electron chi connectivity index (χ0n) is 23.6. The number of aromatic nitrogens is 1. The van der Waals surface area contributed by atoms with E-state index < -0.39 is 71.7 Å². The minimum atomic E-state index is -4.94. The third-order valence-electron chi connectivity index (χ3n) is 7.82. The summed E-state index contributed by atoms with van der Waals surface area (Å²) in [6, 6.07) is 6.39. The second kappa shape index (κ2) is 12.9. The van der Waals surface area contributed by atoms with Crippen molar-refractivity contribution in [2.45, 2.75) is 43.5 Å². The highest BCUT2D eigenvalue weighted by molar-refractivity contribution is 6.05. The van der Waals surface area contributed by atoms with E-state index in [9.17, 15) is 31.5 Å². The summed E-state index contributed by atoms with van der Waals surface area (Å²) in [5.74, 6) is -7.20. The van der Waals surface area contributed by atoms with Crippen LogP contribution in [-0.2, 0) is 11.0 Å². The number of hydrogen-bond acceptors (Lipinski definition) is 6. The highest BCUT2D eigenvalue weighted by Crippen LogP contribution is 2.42. The van der Waals surface area contributed by atoms with Gasteiger partial charge >= 0.3 is 12.8 Å². The standard InChI is InChI=1S/C30H27F7N4O4/c1-44-18-12-21(31)24(22(32)13-18)19-14-41(26-20(30(35,36)37)6-7-23(39-26)15-8-10-38-11-9-15)28(43)25(19)40-27(42)16-2-4-17(5-3-16)45-29(33)34/h2-7,12-13,15,19,25,29,38H,8-11,14H2,1H3,(H,40,42)/t19-,25-/m0/s1. The van der Waals surface area contributed by atoms with Gasteiger partial charge < -0.3 is 20.1 Å². The molecule has 2 N–H and O–H groups in total. The van der Waals surface area contributed by atoms with Crippen molar-refractivity contribution in [1.82, 2.24) is 15.6 Å². The molecule has 8 nitrogen and oxygen atoms in total. The van der Waals surface area contributed by atoms with Gasteiger partial charge in [-0.15, -0.1) is 0 Å². The second-order valence-corrected chi connectivity index (χ2v) is 10.5. The maximum Gasteiger partial charge on any atom is 0.419 e. The maximum atomic E-state index is 15.3. The molecule has 2 aliphatic heterocycles. The topological polar surface area (TPSA) is 92.8 Å². The van der Waals surface area contributed by atoms with Gasteiger partial charge in [0.25, 0.3) is 11.8 Å². The van der Waals surface area contributed by atoms with Crippen LogP contribution in [-0.4, -0.2) is 56.2 Å². The predicted octanol–water partition coefficient (Wildman–Crippen LogP) is 5.38. The Labute approximate surface area is 252 Å². The number of methoxy groups -OCH3 is 1. The normalized spacial score (nSPS) is 19.2. The second-order valence-electron chi connectivity index (χ2n) is 10.5. The fourth-order valence-electron chi connectivity index (χ4n) is 5.62. The molecule has 0 bridgehead atoms. The van der Waals surface area contributed by atoms with Gasteiger partial charge in [-0.25, -0.2) is 13.8 Å². The molecule has 0 spiro atoms. The Morgan fingerprint density at radius 2 is 1.67 bits per heavy atom. The van der Waals surface area contributed by atoms with Crippen molar-refractivity contribution in [3.05, 3.63) is 82.5 Å². The summed E-state index contributed by atoms with van der Waals surface area (Å²) in [4.78, 5) is 32.0. The summed E-state index contributed by atoms with van der Waals surface area (Å²) in [7, 11) is 1.18. The van der Waals surface area contributed by atoms with E-state index in [1.54, 1.807) is 0 Å². The molecule has 0 unspecified atom stereocenters. The Hall–Kier alpha value is -4.40. The van der Waals surface area contributed by atoms with Crippen molar-refractivity contribution in [3.63, 3.8) is 0 Å². The number of halogens is 7. The largest absolute Gasteiger partial charge is 0.497 e. The molecule has 240 valence electrons. The third kappa shape index (κ3) is 6.82. The van der Waals surface area contributed by atoms with E-state index in [2.05, 4.69) is 20.4 Å². The summed E-state index contributed by atoms with van der Waals surface area (Å²) in [6.45, 7) is -2.54. The Morgan fingerprint density at radius 1 is 1.02 bits per heavy atom. The molecular weight excluding hydrogens is 613 g/mol. The van der Waals surface area contributed by atoms with Gasteiger partial charge in [0.15, 0.2) is 0 Å². The van der Waals surface area contributed by atoms with Gasteiger partial charge in [-0.05, 0) is 62.3 Å². The maximum absolute atomic E-state index is 15.3. The van der Waals surface area contributed by atoms with E-state index in [0.29, 0.717) is 36.5 Å². The molecule has 2 fully saturated rings. The smallest absolute Gasteiger partial charge is 0.419 e. The fourth-order valence-corrected chi connectivity index (χ4v) is 5.62. The molecule has 2 aromatic carbocycles. The van der Waals surface area contributed by atoms with E-state index in [0.717, 1.165) is 42.5 Å². The monoisotopic (exact) mass is 640 g/mol. The molecule has 2 saturated heterocycles. The lowest BCUT2D eigenvalue weighted by atomic mass is 9.92. The number of carbonyl (C=O) groups excluding carboxylic acids is 2. The van der Waals surface area contributed by atoms with Gasteiger partial charge in [0.1, 0.15) is 35.0 Å². The lowest BCUT2D eigenvalue weighted by Gasteiger charge is -2.26. The zero-order valence-corrected chi connectivity index (χ0v) is 23.6. The number of nitrogens with zero attached hydrogens (tertiary/aromatic N) is 2. The number of pyridine rings is 1. The van der Waals surface area contributed by atoms with Gasteiger partial charge in [0, 0.05) is 47.3 Å².